The molecular formula is C14H15Br2N3. The SMILES string of the molecule is Cc1cc(Br)c(NCc2cncn2C2CC2)c(Br)c1. The van der Waals surface area contributed by atoms with Crippen molar-refractivity contribution in [2.45, 2.75) is 32.4 Å². The van der Waals surface area contributed by atoms with Gasteiger partial charge in [0.1, 0.15) is 0 Å². The lowest BCUT2D eigenvalue weighted by Gasteiger charge is -2.13. The van der Waals surface area contributed by atoms with E-state index in [1.165, 1.54) is 24.1 Å². The van der Waals surface area contributed by atoms with Gasteiger partial charge in [0.05, 0.1) is 24.3 Å². The first-order valence-electron chi connectivity index (χ1n) is 6.35. The molecule has 1 aliphatic carbocycles. The molecule has 0 spiro atoms. The average molecular weight is 385 g/mol. The van der Waals surface area contributed by atoms with Crippen LogP contribution in [0.3, 0.4) is 0 Å². The number of aromatic nitrogens is 2. The molecule has 1 heterocycles. The summed E-state index contributed by atoms with van der Waals surface area (Å²) in [5.41, 5.74) is 3.56. The molecule has 0 unspecified atom stereocenters. The fourth-order valence-electron chi connectivity index (χ4n) is 2.20. The van der Waals surface area contributed by atoms with Crippen LogP contribution in [0.4, 0.5) is 5.69 Å². The maximum absolute atomic E-state index is 4.25. The number of anilines is 1. The summed E-state index contributed by atoms with van der Waals surface area (Å²) in [6.45, 7) is 2.87. The quantitative estimate of drug-likeness (QED) is 0.830. The van der Waals surface area contributed by atoms with E-state index in [9.17, 15) is 0 Å². The zero-order valence-corrected chi connectivity index (χ0v) is 13.8. The summed E-state index contributed by atoms with van der Waals surface area (Å²) in [6, 6.07) is 4.90. The minimum Gasteiger partial charge on any atom is -0.378 e. The zero-order chi connectivity index (χ0) is 13.4. The maximum Gasteiger partial charge on any atom is 0.0951 e. The Kier molecular flexibility index (Phi) is 3.67. The Bertz CT molecular complexity index is 579. The molecule has 2 aromatic rings. The molecule has 0 saturated heterocycles. The van der Waals surface area contributed by atoms with E-state index in [1.54, 1.807) is 0 Å². The number of hydrogen-bond donors (Lipinski definition) is 1. The zero-order valence-electron chi connectivity index (χ0n) is 10.7. The van der Waals surface area contributed by atoms with Gasteiger partial charge in [0.25, 0.3) is 0 Å². The van der Waals surface area contributed by atoms with Gasteiger partial charge >= 0.3 is 0 Å². The number of nitrogens with zero attached hydrogens (tertiary/aromatic N) is 2. The van der Waals surface area contributed by atoms with Gasteiger partial charge in [-0.3, -0.25) is 0 Å². The van der Waals surface area contributed by atoms with Crippen LogP contribution in [-0.4, -0.2) is 9.55 Å². The second-order valence-corrected chi connectivity index (χ2v) is 6.69. The lowest BCUT2D eigenvalue weighted by molar-refractivity contribution is 0.701. The van der Waals surface area contributed by atoms with E-state index in [-0.39, 0.29) is 0 Å². The largest absolute Gasteiger partial charge is 0.378 e. The monoisotopic (exact) mass is 383 g/mol. The molecule has 0 atom stereocenters. The second kappa shape index (κ2) is 5.29. The van der Waals surface area contributed by atoms with Crippen LogP contribution in [-0.2, 0) is 6.54 Å². The van der Waals surface area contributed by atoms with Gasteiger partial charge in [-0.05, 0) is 69.3 Å². The Morgan fingerprint density at radius 1 is 1.32 bits per heavy atom. The van der Waals surface area contributed by atoms with Gasteiger partial charge in [-0.2, -0.15) is 0 Å². The van der Waals surface area contributed by atoms with E-state index in [0.29, 0.717) is 6.04 Å². The van der Waals surface area contributed by atoms with Crippen LogP contribution in [0.2, 0.25) is 0 Å². The van der Waals surface area contributed by atoms with Crippen molar-refractivity contribution in [2.75, 3.05) is 5.32 Å². The molecule has 0 aliphatic heterocycles. The Morgan fingerprint density at radius 2 is 2.00 bits per heavy atom. The molecule has 1 aromatic heterocycles. The Balaban J connectivity index is 1.77. The molecule has 1 N–H and O–H groups in total. The van der Waals surface area contributed by atoms with Crippen molar-refractivity contribution < 1.29 is 0 Å². The standard InChI is InChI=1S/C14H15Br2N3/c1-9-4-12(15)14(13(16)5-9)18-7-11-6-17-8-19(11)10-2-3-10/h4-6,8,10,18H,2-3,7H2,1H3. The van der Waals surface area contributed by atoms with Crippen LogP contribution >= 0.6 is 31.9 Å². The molecule has 19 heavy (non-hydrogen) atoms. The van der Waals surface area contributed by atoms with Crippen LogP contribution < -0.4 is 5.32 Å². The molecule has 1 aliphatic rings. The predicted molar refractivity (Wildman–Crippen MR) is 84.4 cm³/mol. The van der Waals surface area contributed by atoms with E-state index in [2.05, 4.69) is 65.8 Å². The summed E-state index contributed by atoms with van der Waals surface area (Å²) in [5, 5.41) is 3.48. The van der Waals surface area contributed by atoms with Crippen LogP contribution in [0.5, 0.6) is 0 Å². The molecule has 100 valence electrons. The third kappa shape index (κ3) is 2.87. The van der Waals surface area contributed by atoms with Crippen molar-refractivity contribution in [1.29, 1.82) is 0 Å². The molecule has 3 rings (SSSR count). The molecule has 3 nitrogen and oxygen atoms in total. The van der Waals surface area contributed by atoms with Gasteiger partial charge in [0.2, 0.25) is 0 Å². The van der Waals surface area contributed by atoms with E-state index in [4.69, 9.17) is 0 Å². The Labute approximate surface area is 129 Å². The fraction of sp³-hybridized carbons (Fsp3) is 0.357. The minimum atomic E-state index is 0.671. The first-order chi connectivity index (χ1) is 9.15. The van der Waals surface area contributed by atoms with Crippen LogP contribution in [0.1, 0.15) is 30.1 Å². The highest BCUT2D eigenvalue weighted by atomic mass is 79.9. The molecular weight excluding hydrogens is 370 g/mol. The smallest absolute Gasteiger partial charge is 0.0951 e. The number of rotatable bonds is 4. The summed E-state index contributed by atoms with van der Waals surface area (Å²) >= 11 is 7.21. The van der Waals surface area contributed by atoms with Gasteiger partial charge in [0.15, 0.2) is 0 Å². The maximum atomic E-state index is 4.25. The highest BCUT2D eigenvalue weighted by molar-refractivity contribution is 9.11. The number of imidazole rings is 1. The molecule has 0 bridgehead atoms. The number of hydrogen-bond acceptors (Lipinski definition) is 2. The highest BCUT2D eigenvalue weighted by Crippen LogP contribution is 2.36. The first-order valence-corrected chi connectivity index (χ1v) is 7.94. The molecule has 1 aromatic carbocycles. The van der Waals surface area contributed by atoms with E-state index in [1.807, 2.05) is 12.5 Å². The van der Waals surface area contributed by atoms with Crippen molar-refractivity contribution in [3.05, 3.63) is 44.9 Å². The molecule has 1 saturated carbocycles. The van der Waals surface area contributed by atoms with Gasteiger partial charge in [0, 0.05) is 21.2 Å². The van der Waals surface area contributed by atoms with Crippen molar-refractivity contribution in [1.82, 2.24) is 9.55 Å². The third-order valence-corrected chi connectivity index (χ3v) is 4.57. The molecule has 5 heteroatoms. The number of nitrogens with one attached hydrogen (secondary N) is 1. The third-order valence-electron chi connectivity index (χ3n) is 3.32. The van der Waals surface area contributed by atoms with E-state index >= 15 is 0 Å². The summed E-state index contributed by atoms with van der Waals surface area (Å²) < 4.78 is 4.44. The molecule has 1 fully saturated rings. The van der Waals surface area contributed by atoms with Gasteiger partial charge in [-0.15, -0.1) is 0 Å². The van der Waals surface area contributed by atoms with E-state index in [0.717, 1.165) is 21.2 Å². The van der Waals surface area contributed by atoms with Crippen molar-refractivity contribution in [2.24, 2.45) is 0 Å². The Morgan fingerprint density at radius 3 is 2.63 bits per heavy atom. The lowest BCUT2D eigenvalue weighted by Crippen LogP contribution is -2.06. The first kappa shape index (κ1) is 13.2. The Hall–Kier alpha value is -0.810. The normalized spacial score (nSPS) is 14.7. The lowest BCUT2D eigenvalue weighted by atomic mass is 10.2. The topological polar surface area (TPSA) is 29.9 Å². The van der Waals surface area contributed by atoms with Crippen LogP contribution in [0, 0.1) is 6.92 Å². The second-order valence-electron chi connectivity index (χ2n) is 4.98. The fourth-order valence-corrected chi connectivity index (χ4v) is 3.89. The van der Waals surface area contributed by atoms with Crippen molar-refractivity contribution in [3.63, 3.8) is 0 Å². The predicted octanol–water partition coefficient (Wildman–Crippen LogP) is 4.66. The van der Waals surface area contributed by atoms with E-state index < -0.39 is 0 Å². The van der Waals surface area contributed by atoms with Gasteiger partial charge < -0.3 is 9.88 Å². The van der Waals surface area contributed by atoms with Gasteiger partial charge in [-0.25, -0.2) is 4.98 Å². The molecule has 0 amide bonds. The van der Waals surface area contributed by atoms with Gasteiger partial charge in [-0.1, -0.05) is 0 Å². The summed E-state index contributed by atoms with van der Waals surface area (Å²) in [5.74, 6) is 0. The molecule has 0 radical (unpaired) electrons. The van der Waals surface area contributed by atoms with Crippen molar-refractivity contribution >= 4 is 37.5 Å². The highest BCUT2D eigenvalue weighted by Gasteiger charge is 2.25. The number of aryl methyl sites for hydroxylation is 1. The summed E-state index contributed by atoms with van der Waals surface area (Å²) in [6.07, 6.45) is 6.44. The summed E-state index contributed by atoms with van der Waals surface area (Å²) in [4.78, 5) is 4.25. The number of benzene rings is 1. The van der Waals surface area contributed by atoms with Crippen LogP contribution in [0.15, 0.2) is 33.6 Å². The average Bonchev–Trinajstić information content (AvgIpc) is 3.08. The minimum absolute atomic E-state index is 0.671. The number of halogens is 2. The van der Waals surface area contributed by atoms with Crippen LogP contribution in [0.25, 0.3) is 0 Å². The van der Waals surface area contributed by atoms with Crippen molar-refractivity contribution in [3.8, 4) is 0 Å². The summed E-state index contributed by atoms with van der Waals surface area (Å²) in [7, 11) is 0.